The normalized spacial score (nSPS) is 7.20. The molecule has 0 amide bonds. The van der Waals surface area contributed by atoms with Crippen LogP contribution >= 0.6 is 81.2 Å². The SMILES string of the molecule is ClC(Cl)Cl.ClCCl.ClCCl. The zero-order valence-electron chi connectivity index (χ0n) is 4.64. The zero-order valence-corrected chi connectivity index (χ0v) is 9.93. The average molecular weight is 289 g/mol. The van der Waals surface area contributed by atoms with Crippen LogP contribution in [-0.4, -0.2) is 15.0 Å². The summed E-state index contributed by atoms with van der Waals surface area (Å²) < 4.78 is -0.750. The molecule has 7 heteroatoms. The van der Waals surface area contributed by atoms with Crippen LogP contribution in [0.5, 0.6) is 0 Å². The summed E-state index contributed by atoms with van der Waals surface area (Å²) in [5.41, 5.74) is 0. The summed E-state index contributed by atoms with van der Waals surface area (Å²) in [7, 11) is 0. The van der Waals surface area contributed by atoms with Gasteiger partial charge in [0.15, 0.2) is 4.30 Å². The second-order valence-corrected chi connectivity index (χ2v) is 4.05. The van der Waals surface area contributed by atoms with Gasteiger partial charge in [0.2, 0.25) is 0 Å². The van der Waals surface area contributed by atoms with Gasteiger partial charge in [-0.25, -0.2) is 0 Å². The van der Waals surface area contributed by atoms with Crippen molar-refractivity contribution in [1.29, 1.82) is 0 Å². The summed E-state index contributed by atoms with van der Waals surface area (Å²) in [6.45, 7) is 0. The molecule has 0 N–H and O–H groups in total. The maximum absolute atomic E-state index is 4.81. The maximum Gasteiger partial charge on any atom is 0.180 e. The Hall–Kier alpha value is 2.03. The predicted molar refractivity (Wildman–Crippen MR) is 54.5 cm³/mol. The van der Waals surface area contributed by atoms with Crippen molar-refractivity contribution in [3.63, 3.8) is 0 Å². The monoisotopic (exact) mass is 286 g/mol. The largest absolute Gasteiger partial charge is 0.180 e. The lowest BCUT2D eigenvalue weighted by molar-refractivity contribution is 1.96. The minimum absolute atomic E-state index is 0.194. The molecule has 0 aromatic carbocycles. The van der Waals surface area contributed by atoms with E-state index in [-0.39, 0.29) is 10.7 Å². The second-order valence-electron chi connectivity index (χ2n) is 0.449. The molecular weight excluding hydrogens is 284 g/mol. The lowest BCUT2D eigenvalue weighted by atomic mass is 11.9. The summed E-state index contributed by atoms with van der Waals surface area (Å²) in [5, 5.41) is 0.389. The van der Waals surface area contributed by atoms with Crippen molar-refractivity contribution in [2.45, 2.75) is 4.30 Å². The first-order valence-electron chi connectivity index (χ1n) is 1.72. The van der Waals surface area contributed by atoms with E-state index in [9.17, 15) is 0 Å². The van der Waals surface area contributed by atoms with Crippen LogP contribution < -0.4 is 0 Å². The highest BCUT2D eigenvalue weighted by molar-refractivity contribution is 6.63. The zero-order chi connectivity index (χ0) is 8.99. The molecule has 0 atom stereocenters. The fourth-order valence-corrected chi connectivity index (χ4v) is 0. The molecule has 0 nitrogen and oxygen atoms in total. The smallest absolute Gasteiger partial charge is 0.109 e. The molecule has 0 spiro atoms. The van der Waals surface area contributed by atoms with Crippen LogP contribution in [0.3, 0.4) is 0 Å². The minimum atomic E-state index is -0.750. The standard InChI is InChI=1S/CHCl3.2CH2Cl2/c2-1(3)4;2*2-1-3/h1H;2*1H2. The first-order valence-corrected chi connectivity index (χ1v) is 5.17. The van der Waals surface area contributed by atoms with E-state index in [1.54, 1.807) is 0 Å². The summed E-state index contributed by atoms with van der Waals surface area (Å²) >= 11 is 33.5. The Labute approximate surface area is 95.6 Å². The molecule has 66 valence electrons. The van der Waals surface area contributed by atoms with Gasteiger partial charge < -0.3 is 0 Å². The van der Waals surface area contributed by atoms with Crippen molar-refractivity contribution >= 4 is 81.2 Å². The van der Waals surface area contributed by atoms with Gasteiger partial charge in [-0.1, -0.05) is 34.8 Å². The third-order valence-electron chi connectivity index (χ3n) is 0. The lowest BCUT2D eigenvalue weighted by Gasteiger charge is -1.69. The fourth-order valence-electron chi connectivity index (χ4n) is 0. The van der Waals surface area contributed by atoms with E-state index in [1.165, 1.54) is 0 Å². The van der Waals surface area contributed by atoms with E-state index in [1.807, 2.05) is 0 Å². The highest BCUT2D eigenvalue weighted by Crippen LogP contribution is 2.03. The van der Waals surface area contributed by atoms with E-state index >= 15 is 0 Å². The minimum Gasteiger partial charge on any atom is -0.109 e. The van der Waals surface area contributed by atoms with Crippen LogP contribution in [0.1, 0.15) is 0 Å². The molecule has 0 heterocycles. The summed E-state index contributed by atoms with van der Waals surface area (Å²) in [6.07, 6.45) is 0. The third kappa shape index (κ3) is 198. The Morgan fingerprint density at radius 3 is 0.700 bits per heavy atom. The quantitative estimate of drug-likeness (QED) is 0.560. The number of halogens is 7. The molecule has 0 unspecified atom stereocenters. The van der Waals surface area contributed by atoms with Crippen molar-refractivity contribution in [3.8, 4) is 0 Å². The molecule has 0 aliphatic rings. The van der Waals surface area contributed by atoms with Crippen LogP contribution in [0.4, 0.5) is 0 Å². The van der Waals surface area contributed by atoms with Crippen LogP contribution in [0, 0.1) is 0 Å². The van der Waals surface area contributed by atoms with Gasteiger partial charge >= 0.3 is 0 Å². The van der Waals surface area contributed by atoms with Gasteiger partial charge in [0.1, 0.15) is 0 Å². The maximum atomic E-state index is 4.81. The van der Waals surface area contributed by atoms with E-state index < -0.39 is 4.30 Å². The van der Waals surface area contributed by atoms with Gasteiger partial charge in [-0.15, -0.1) is 46.4 Å². The van der Waals surface area contributed by atoms with Crippen LogP contribution in [0.15, 0.2) is 0 Å². The summed E-state index contributed by atoms with van der Waals surface area (Å²) in [5.74, 6) is 0. The highest BCUT2D eigenvalue weighted by atomic mass is 35.6. The molecule has 0 bridgehead atoms. The Morgan fingerprint density at radius 2 is 0.700 bits per heavy atom. The van der Waals surface area contributed by atoms with Gasteiger partial charge in [0.25, 0.3) is 0 Å². The van der Waals surface area contributed by atoms with Gasteiger partial charge in [-0.05, 0) is 0 Å². The van der Waals surface area contributed by atoms with Gasteiger partial charge in [-0.2, -0.15) is 0 Å². The first-order chi connectivity index (χ1) is 4.56. The van der Waals surface area contributed by atoms with Crippen molar-refractivity contribution < 1.29 is 0 Å². The molecule has 0 aromatic rings. The second kappa shape index (κ2) is 22.5. The number of rotatable bonds is 0. The van der Waals surface area contributed by atoms with E-state index in [4.69, 9.17) is 81.2 Å². The molecule has 0 saturated carbocycles. The predicted octanol–water partition coefficient (Wildman–Crippen LogP) is 4.83. The molecule has 0 aliphatic carbocycles. The molecule has 0 fully saturated rings. The van der Waals surface area contributed by atoms with Crippen LogP contribution in [0.2, 0.25) is 0 Å². The van der Waals surface area contributed by atoms with Gasteiger partial charge in [-0.3, -0.25) is 0 Å². The van der Waals surface area contributed by atoms with Crippen LogP contribution in [0.25, 0.3) is 0 Å². The molecule has 0 rings (SSSR count). The van der Waals surface area contributed by atoms with E-state index in [2.05, 4.69) is 0 Å². The van der Waals surface area contributed by atoms with Crippen molar-refractivity contribution in [3.05, 3.63) is 0 Å². The Morgan fingerprint density at radius 1 is 0.700 bits per heavy atom. The average Bonchev–Trinajstić information content (AvgIpc) is 1.65. The van der Waals surface area contributed by atoms with Crippen molar-refractivity contribution in [1.82, 2.24) is 0 Å². The van der Waals surface area contributed by atoms with Gasteiger partial charge in [0.05, 0.1) is 10.7 Å². The number of alkyl halides is 7. The van der Waals surface area contributed by atoms with E-state index in [0.717, 1.165) is 0 Å². The Balaban J connectivity index is -0.0000000750. The Kier molecular flexibility index (Phi) is 40.3. The van der Waals surface area contributed by atoms with Gasteiger partial charge in [0, 0.05) is 0 Å². The molecule has 0 aliphatic heterocycles. The molecule has 0 aromatic heterocycles. The van der Waals surface area contributed by atoms with Crippen molar-refractivity contribution in [2.75, 3.05) is 10.7 Å². The molecule has 0 radical (unpaired) electrons. The number of hydrogen-bond acceptors (Lipinski definition) is 0. The number of hydrogen-bond donors (Lipinski definition) is 0. The third-order valence-corrected chi connectivity index (χ3v) is 0. The lowest BCUT2D eigenvalue weighted by Crippen LogP contribution is -1.55. The molecule has 0 saturated heterocycles. The topological polar surface area (TPSA) is 0 Å². The summed E-state index contributed by atoms with van der Waals surface area (Å²) in [6, 6.07) is 0. The van der Waals surface area contributed by atoms with Crippen LogP contribution in [-0.2, 0) is 0 Å². The molecular formula is C3H5Cl7. The summed E-state index contributed by atoms with van der Waals surface area (Å²) in [4.78, 5) is 0. The van der Waals surface area contributed by atoms with E-state index in [0.29, 0.717) is 0 Å². The highest BCUT2D eigenvalue weighted by Gasteiger charge is 1.78. The fraction of sp³-hybridized carbons (Fsp3) is 1.00. The van der Waals surface area contributed by atoms with Crippen molar-refractivity contribution in [2.24, 2.45) is 0 Å². The Bertz CT molecular complexity index is 25.3. The first kappa shape index (κ1) is 17.9. The molecule has 10 heavy (non-hydrogen) atoms.